The van der Waals surface area contributed by atoms with Crippen LogP contribution in [0.4, 0.5) is 13.9 Å². The maximum atomic E-state index is 13.2. The van der Waals surface area contributed by atoms with Crippen LogP contribution in [0.1, 0.15) is 18.4 Å². The van der Waals surface area contributed by atoms with Crippen molar-refractivity contribution in [2.45, 2.75) is 19.4 Å². The lowest BCUT2D eigenvalue weighted by molar-refractivity contribution is -0.125. The summed E-state index contributed by atoms with van der Waals surface area (Å²) in [4.78, 5) is 20.2. The number of hydrogen-bond acceptors (Lipinski definition) is 5. The number of fused-ring (bicyclic) bond motifs is 1. The SMILES string of the molecule is O=C(NCc1ccc(F)cc1)[C@@H]1CCCN(c2nn3cc(-c4ccc(F)cc4)nc3s2)C1. The Labute approximate surface area is 187 Å². The van der Waals surface area contributed by atoms with Gasteiger partial charge in [-0.3, -0.25) is 4.79 Å². The van der Waals surface area contributed by atoms with Gasteiger partial charge in [0.1, 0.15) is 11.6 Å². The summed E-state index contributed by atoms with van der Waals surface area (Å²) in [6.45, 7) is 1.81. The fourth-order valence-corrected chi connectivity index (χ4v) is 4.80. The van der Waals surface area contributed by atoms with E-state index in [1.807, 2.05) is 6.20 Å². The third kappa shape index (κ3) is 4.34. The van der Waals surface area contributed by atoms with E-state index in [-0.39, 0.29) is 23.5 Å². The van der Waals surface area contributed by atoms with Gasteiger partial charge in [-0.1, -0.05) is 23.5 Å². The highest BCUT2D eigenvalue weighted by Gasteiger charge is 2.27. The number of anilines is 1. The summed E-state index contributed by atoms with van der Waals surface area (Å²) in [6, 6.07) is 12.4. The lowest BCUT2D eigenvalue weighted by Gasteiger charge is -2.31. The van der Waals surface area contributed by atoms with Crippen molar-refractivity contribution in [3.8, 4) is 11.3 Å². The van der Waals surface area contributed by atoms with Crippen LogP contribution in [0.5, 0.6) is 0 Å². The molecule has 1 fully saturated rings. The van der Waals surface area contributed by atoms with Gasteiger partial charge < -0.3 is 10.2 Å². The number of carbonyl (C=O) groups is 1. The van der Waals surface area contributed by atoms with Gasteiger partial charge in [0, 0.05) is 25.2 Å². The molecule has 2 aromatic carbocycles. The molecule has 1 N–H and O–H groups in total. The van der Waals surface area contributed by atoms with Crippen molar-refractivity contribution in [1.29, 1.82) is 0 Å². The second kappa shape index (κ2) is 8.66. The van der Waals surface area contributed by atoms with Crippen molar-refractivity contribution in [3.05, 3.63) is 71.9 Å². The van der Waals surface area contributed by atoms with E-state index in [0.29, 0.717) is 13.1 Å². The van der Waals surface area contributed by atoms with Gasteiger partial charge in [-0.25, -0.2) is 18.3 Å². The molecule has 0 saturated carbocycles. The predicted octanol–water partition coefficient (Wildman–Crippen LogP) is 4.27. The maximum Gasteiger partial charge on any atom is 0.225 e. The highest BCUT2D eigenvalue weighted by atomic mass is 32.1. The molecule has 5 rings (SSSR count). The second-order valence-electron chi connectivity index (χ2n) is 7.87. The van der Waals surface area contributed by atoms with Gasteiger partial charge in [0.25, 0.3) is 0 Å². The second-order valence-corrected chi connectivity index (χ2v) is 8.81. The van der Waals surface area contributed by atoms with Gasteiger partial charge in [-0.2, -0.15) is 0 Å². The molecule has 6 nitrogen and oxygen atoms in total. The number of nitrogens with zero attached hydrogens (tertiary/aromatic N) is 4. The smallest absolute Gasteiger partial charge is 0.225 e. The lowest BCUT2D eigenvalue weighted by atomic mass is 9.97. The molecule has 0 bridgehead atoms. The van der Waals surface area contributed by atoms with Gasteiger partial charge in [-0.15, -0.1) is 5.10 Å². The monoisotopic (exact) mass is 453 g/mol. The molecule has 4 aromatic rings. The van der Waals surface area contributed by atoms with Crippen LogP contribution >= 0.6 is 11.3 Å². The molecule has 0 radical (unpaired) electrons. The van der Waals surface area contributed by atoms with Crippen molar-refractivity contribution < 1.29 is 13.6 Å². The minimum Gasteiger partial charge on any atom is -0.352 e. The molecule has 1 aliphatic rings. The summed E-state index contributed by atoms with van der Waals surface area (Å²) in [5.41, 5.74) is 2.44. The Balaban J connectivity index is 1.24. The number of rotatable bonds is 5. The minimum absolute atomic E-state index is 0.000968. The van der Waals surface area contributed by atoms with E-state index in [1.165, 1.54) is 35.6 Å². The minimum atomic E-state index is -0.289. The highest BCUT2D eigenvalue weighted by molar-refractivity contribution is 7.20. The zero-order valence-electron chi connectivity index (χ0n) is 17.2. The third-order valence-electron chi connectivity index (χ3n) is 5.62. The van der Waals surface area contributed by atoms with Crippen molar-refractivity contribution in [2.24, 2.45) is 5.92 Å². The molecule has 9 heteroatoms. The Bertz CT molecular complexity index is 1200. The molecule has 3 heterocycles. The van der Waals surface area contributed by atoms with Crippen molar-refractivity contribution in [3.63, 3.8) is 0 Å². The normalized spacial score (nSPS) is 16.4. The Morgan fingerprint density at radius 3 is 2.53 bits per heavy atom. The van der Waals surface area contributed by atoms with Crippen LogP contribution in [0.15, 0.2) is 54.7 Å². The number of nitrogens with one attached hydrogen (secondary N) is 1. The van der Waals surface area contributed by atoms with Crippen LogP contribution in [0.3, 0.4) is 0 Å². The first kappa shape index (κ1) is 20.6. The van der Waals surface area contributed by atoms with Crippen LogP contribution in [-0.2, 0) is 11.3 Å². The Kier molecular flexibility index (Phi) is 5.57. The molecular formula is C23H21F2N5OS. The molecule has 1 saturated heterocycles. The Morgan fingerprint density at radius 1 is 1.09 bits per heavy atom. The summed E-state index contributed by atoms with van der Waals surface area (Å²) in [6.07, 6.45) is 3.56. The van der Waals surface area contributed by atoms with Crippen LogP contribution in [0, 0.1) is 17.6 Å². The number of amides is 1. The van der Waals surface area contributed by atoms with E-state index in [2.05, 4.69) is 20.3 Å². The molecule has 2 aromatic heterocycles. The van der Waals surface area contributed by atoms with Crippen molar-refractivity contribution in [1.82, 2.24) is 19.9 Å². The molecule has 0 unspecified atom stereocenters. The zero-order chi connectivity index (χ0) is 22.1. The largest absolute Gasteiger partial charge is 0.352 e. The van der Waals surface area contributed by atoms with E-state index in [9.17, 15) is 13.6 Å². The van der Waals surface area contributed by atoms with Crippen molar-refractivity contribution >= 4 is 27.3 Å². The van der Waals surface area contributed by atoms with Gasteiger partial charge in [0.15, 0.2) is 0 Å². The van der Waals surface area contributed by atoms with E-state index >= 15 is 0 Å². The van der Waals surface area contributed by atoms with E-state index in [1.54, 1.807) is 28.8 Å². The number of benzene rings is 2. The standard InChI is InChI=1S/C23H21F2N5OS/c24-18-7-3-15(4-8-18)12-26-21(31)17-2-1-11-29(13-17)23-28-30-14-20(27-22(30)32-23)16-5-9-19(25)10-6-16/h3-10,14,17H,1-2,11-13H2,(H,26,31)/t17-/m1/s1. The molecule has 0 aliphatic carbocycles. The molecule has 32 heavy (non-hydrogen) atoms. The number of aromatic nitrogens is 3. The topological polar surface area (TPSA) is 62.5 Å². The first-order valence-corrected chi connectivity index (χ1v) is 11.3. The van der Waals surface area contributed by atoms with E-state index < -0.39 is 0 Å². The van der Waals surface area contributed by atoms with Gasteiger partial charge in [-0.05, 0) is 54.8 Å². The average molecular weight is 454 g/mol. The molecule has 1 amide bonds. The summed E-state index contributed by atoms with van der Waals surface area (Å²) >= 11 is 1.47. The maximum absolute atomic E-state index is 13.2. The molecule has 164 valence electrons. The molecule has 1 atom stereocenters. The van der Waals surface area contributed by atoms with Crippen molar-refractivity contribution in [2.75, 3.05) is 18.0 Å². The van der Waals surface area contributed by atoms with Gasteiger partial charge in [0.05, 0.1) is 17.8 Å². The zero-order valence-corrected chi connectivity index (χ0v) is 18.0. The summed E-state index contributed by atoms with van der Waals surface area (Å²) in [7, 11) is 0. The molecule has 0 spiro atoms. The Hall–Kier alpha value is -3.33. The summed E-state index contributed by atoms with van der Waals surface area (Å²) in [5.74, 6) is -0.701. The number of piperidine rings is 1. The molecular weight excluding hydrogens is 432 g/mol. The number of hydrogen-bond donors (Lipinski definition) is 1. The van der Waals surface area contributed by atoms with Crippen LogP contribution in [0.2, 0.25) is 0 Å². The first-order valence-electron chi connectivity index (χ1n) is 10.4. The average Bonchev–Trinajstić information content (AvgIpc) is 3.39. The van der Waals surface area contributed by atoms with E-state index in [4.69, 9.17) is 0 Å². The van der Waals surface area contributed by atoms with Crippen LogP contribution < -0.4 is 10.2 Å². The molecule has 1 aliphatic heterocycles. The number of halogens is 2. The highest BCUT2D eigenvalue weighted by Crippen LogP contribution is 2.30. The van der Waals surface area contributed by atoms with Gasteiger partial charge >= 0.3 is 0 Å². The van der Waals surface area contributed by atoms with Crippen LogP contribution in [-0.4, -0.2) is 33.6 Å². The fraction of sp³-hybridized carbons (Fsp3) is 0.261. The van der Waals surface area contributed by atoms with Crippen LogP contribution in [0.25, 0.3) is 16.2 Å². The number of imidazole rings is 1. The number of carbonyl (C=O) groups excluding carboxylic acids is 1. The fourth-order valence-electron chi connectivity index (χ4n) is 3.88. The summed E-state index contributed by atoms with van der Waals surface area (Å²) in [5, 5.41) is 8.44. The summed E-state index contributed by atoms with van der Waals surface area (Å²) < 4.78 is 27.9. The quantitative estimate of drug-likeness (QED) is 0.490. The predicted molar refractivity (Wildman–Crippen MR) is 119 cm³/mol. The third-order valence-corrected chi connectivity index (χ3v) is 6.60. The lowest BCUT2D eigenvalue weighted by Crippen LogP contribution is -2.43. The van der Waals surface area contributed by atoms with Gasteiger partial charge in [0.2, 0.25) is 16.0 Å². The Morgan fingerprint density at radius 2 is 1.81 bits per heavy atom. The first-order chi connectivity index (χ1) is 15.5. The van der Waals surface area contributed by atoms with E-state index in [0.717, 1.165) is 46.3 Å².